The van der Waals surface area contributed by atoms with E-state index in [-0.39, 0.29) is 12.0 Å². The van der Waals surface area contributed by atoms with Gasteiger partial charge in [-0.1, -0.05) is 37.3 Å². The van der Waals surface area contributed by atoms with Crippen LogP contribution in [0.4, 0.5) is 0 Å². The summed E-state index contributed by atoms with van der Waals surface area (Å²) in [5.74, 6) is 0.0894. The lowest BCUT2D eigenvalue weighted by molar-refractivity contribution is 0.00841. The summed E-state index contributed by atoms with van der Waals surface area (Å²) in [6.45, 7) is 5.60. The van der Waals surface area contributed by atoms with Crippen molar-refractivity contribution in [3.63, 3.8) is 0 Å². The van der Waals surface area contributed by atoms with E-state index >= 15 is 0 Å². The Labute approximate surface area is 161 Å². The average molecular weight is 370 g/mol. The Morgan fingerprint density at radius 1 is 1.26 bits per heavy atom. The highest BCUT2D eigenvalue weighted by Gasteiger charge is 2.26. The minimum atomic E-state index is 0.0894. The predicted molar refractivity (Wildman–Crippen MR) is 106 cm³/mol. The first-order valence-electron chi connectivity index (χ1n) is 9.92. The molecule has 1 amide bonds. The van der Waals surface area contributed by atoms with Gasteiger partial charge in [0.15, 0.2) is 0 Å². The van der Waals surface area contributed by atoms with Gasteiger partial charge in [-0.3, -0.25) is 9.48 Å². The van der Waals surface area contributed by atoms with E-state index in [1.54, 1.807) is 6.20 Å². The van der Waals surface area contributed by atoms with Gasteiger partial charge in [0, 0.05) is 19.7 Å². The number of hydrogen-bond acceptors (Lipinski definition) is 4. The van der Waals surface area contributed by atoms with Crippen LogP contribution in [-0.4, -0.2) is 52.9 Å². The Morgan fingerprint density at radius 2 is 2.00 bits per heavy atom. The molecular formula is C21H30N4O2. The van der Waals surface area contributed by atoms with Crippen LogP contribution >= 0.6 is 0 Å². The van der Waals surface area contributed by atoms with E-state index in [9.17, 15) is 4.79 Å². The zero-order valence-electron chi connectivity index (χ0n) is 16.1. The van der Waals surface area contributed by atoms with Gasteiger partial charge in [0.25, 0.3) is 5.91 Å². The zero-order valence-corrected chi connectivity index (χ0v) is 16.1. The molecule has 3 rings (SSSR count). The van der Waals surface area contributed by atoms with Gasteiger partial charge in [-0.2, -0.15) is 5.10 Å². The number of aromatic nitrogens is 2. The smallest absolute Gasteiger partial charge is 0.257 e. The third kappa shape index (κ3) is 4.96. The average Bonchev–Trinajstić information content (AvgIpc) is 3.11. The molecule has 1 aromatic heterocycles. The molecule has 0 saturated carbocycles. The summed E-state index contributed by atoms with van der Waals surface area (Å²) in [6, 6.07) is 10.2. The second-order valence-corrected chi connectivity index (χ2v) is 7.01. The van der Waals surface area contributed by atoms with Gasteiger partial charge in [0.2, 0.25) is 0 Å². The summed E-state index contributed by atoms with van der Waals surface area (Å²) in [5.41, 5.74) is 8.43. The molecule has 0 unspecified atom stereocenters. The molecule has 1 saturated heterocycles. The highest BCUT2D eigenvalue weighted by molar-refractivity contribution is 5.95. The third-order valence-electron chi connectivity index (χ3n) is 5.12. The van der Waals surface area contributed by atoms with E-state index in [0.29, 0.717) is 19.7 Å². The Morgan fingerprint density at radius 3 is 2.67 bits per heavy atom. The minimum absolute atomic E-state index is 0.0894. The number of benzene rings is 1. The zero-order chi connectivity index (χ0) is 19.1. The van der Waals surface area contributed by atoms with Crippen LogP contribution in [0.2, 0.25) is 0 Å². The number of amides is 1. The lowest BCUT2D eigenvalue weighted by Gasteiger charge is -2.32. The largest absolute Gasteiger partial charge is 0.378 e. The molecular weight excluding hydrogens is 340 g/mol. The normalized spacial score (nSPS) is 15.3. The number of likely N-dealkylation sites (tertiary alicyclic amines) is 1. The van der Waals surface area contributed by atoms with Crippen molar-refractivity contribution in [2.75, 3.05) is 26.2 Å². The number of nitrogens with zero attached hydrogens (tertiary/aromatic N) is 3. The highest BCUT2D eigenvalue weighted by Crippen LogP contribution is 2.19. The Bertz CT molecular complexity index is 721. The molecule has 27 heavy (non-hydrogen) atoms. The van der Waals surface area contributed by atoms with Gasteiger partial charge in [-0.15, -0.1) is 0 Å². The molecule has 1 fully saturated rings. The lowest BCUT2D eigenvalue weighted by Crippen LogP contribution is -2.41. The van der Waals surface area contributed by atoms with Crippen LogP contribution in [0.3, 0.4) is 0 Å². The SMILES string of the molecule is CCc1c(C(=O)N2CCC(OCCCN)CC2)cnn1Cc1ccccc1. The van der Waals surface area contributed by atoms with Crippen molar-refractivity contribution in [3.05, 3.63) is 53.3 Å². The molecule has 2 aromatic rings. The van der Waals surface area contributed by atoms with Gasteiger partial charge in [0.05, 0.1) is 30.1 Å². The summed E-state index contributed by atoms with van der Waals surface area (Å²) in [4.78, 5) is 15.0. The Balaban J connectivity index is 1.62. The van der Waals surface area contributed by atoms with Crippen molar-refractivity contribution in [3.8, 4) is 0 Å². The molecule has 1 aromatic carbocycles. The first-order valence-corrected chi connectivity index (χ1v) is 9.92. The van der Waals surface area contributed by atoms with Crippen molar-refractivity contribution in [1.29, 1.82) is 0 Å². The Kier molecular flexibility index (Phi) is 7.01. The molecule has 0 aliphatic carbocycles. The molecule has 6 heteroatoms. The lowest BCUT2D eigenvalue weighted by atomic mass is 10.1. The van der Waals surface area contributed by atoms with E-state index in [0.717, 1.165) is 50.0 Å². The van der Waals surface area contributed by atoms with Crippen LogP contribution in [0.1, 0.15) is 47.8 Å². The summed E-state index contributed by atoms with van der Waals surface area (Å²) in [6.07, 6.45) is 5.42. The monoisotopic (exact) mass is 370 g/mol. The fourth-order valence-electron chi connectivity index (χ4n) is 3.58. The van der Waals surface area contributed by atoms with Crippen LogP contribution in [-0.2, 0) is 17.7 Å². The molecule has 0 radical (unpaired) electrons. The second-order valence-electron chi connectivity index (χ2n) is 7.01. The molecule has 0 atom stereocenters. The first-order chi connectivity index (χ1) is 13.2. The van der Waals surface area contributed by atoms with Crippen LogP contribution in [0.5, 0.6) is 0 Å². The van der Waals surface area contributed by atoms with Crippen LogP contribution in [0.25, 0.3) is 0 Å². The molecule has 0 spiro atoms. The predicted octanol–water partition coefficient (Wildman–Crippen LogP) is 2.46. The van der Waals surface area contributed by atoms with Crippen molar-refractivity contribution in [1.82, 2.24) is 14.7 Å². The van der Waals surface area contributed by atoms with Crippen molar-refractivity contribution in [2.45, 2.75) is 45.3 Å². The molecule has 2 N–H and O–H groups in total. The third-order valence-corrected chi connectivity index (χ3v) is 5.12. The number of rotatable bonds is 8. The number of ether oxygens (including phenoxy) is 1. The van der Waals surface area contributed by atoms with Crippen molar-refractivity contribution >= 4 is 5.91 Å². The van der Waals surface area contributed by atoms with Crippen LogP contribution in [0.15, 0.2) is 36.5 Å². The van der Waals surface area contributed by atoms with Gasteiger partial charge in [0.1, 0.15) is 0 Å². The van der Waals surface area contributed by atoms with Gasteiger partial charge in [-0.05, 0) is 37.8 Å². The highest BCUT2D eigenvalue weighted by atomic mass is 16.5. The summed E-state index contributed by atoms with van der Waals surface area (Å²) in [5, 5.41) is 4.50. The van der Waals surface area contributed by atoms with E-state index in [1.165, 1.54) is 5.56 Å². The molecule has 2 heterocycles. The van der Waals surface area contributed by atoms with Crippen molar-refractivity contribution in [2.24, 2.45) is 5.73 Å². The molecule has 6 nitrogen and oxygen atoms in total. The maximum Gasteiger partial charge on any atom is 0.257 e. The number of hydrogen-bond donors (Lipinski definition) is 1. The van der Waals surface area contributed by atoms with Gasteiger partial charge >= 0.3 is 0 Å². The van der Waals surface area contributed by atoms with Crippen LogP contribution < -0.4 is 5.73 Å². The van der Waals surface area contributed by atoms with Gasteiger partial charge in [-0.25, -0.2) is 0 Å². The van der Waals surface area contributed by atoms with Gasteiger partial charge < -0.3 is 15.4 Å². The Hall–Kier alpha value is -2.18. The fraction of sp³-hybridized carbons (Fsp3) is 0.524. The maximum atomic E-state index is 13.0. The molecule has 0 bridgehead atoms. The number of carbonyl (C=O) groups is 1. The molecule has 1 aliphatic rings. The van der Waals surface area contributed by atoms with E-state index in [1.807, 2.05) is 27.8 Å². The quantitative estimate of drug-likeness (QED) is 0.725. The molecule has 1 aliphatic heterocycles. The molecule has 146 valence electrons. The topological polar surface area (TPSA) is 73.4 Å². The van der Waals surface area contributed by atoms with Crippen LogP contribution in [0, 0.1) is 0 Å². The summed E-state index contributed by atoms with van der Waals surface area (Å²) in [7, 11) is 0. The number of nitrogens with two attached hydrogens (primary N) is 1. The second kappa shape index (κ2) is 9.67. The fourth-order valence-corrected chi connectivity index (χ4v) is 3.58. The standard InChI is InChI=1S/C21H30N4O2/c1-2-20-19(15-23-25(20)16-17-7-4-3-5-8-17)21(26)24-12-9-18(10-13-24)27-14-6-11-22/h3-5,7-8,15,18H,2,6,9-14,16,22H2,1H3. The van der Waals surface area contributed by atoms with E-state index in [4.69, 9.17) is 10.5 Å². The number of piperidine rings is 1. The van der Waals surface area contributed by atoms with Crippen molar-refractivity contribution < 1.29 is 9.53 Å². The summed E-state index contributed by atoms with van der Waals surface area (Å²) < 4.78 is 7.79. The van der Waals surface area contributed by atoms with E-state index in [2.05, 4.69) is 24.2 Å². The summed E-state index contributed by atoms with van der Waals surface area (Å²) >= 11 is 0. The van der Waals surface area contributed by atoms with E-state index < -0.39 is 0 Å². The number of carbonyl (C=O) groups excluding carboxylic acids is 1. The maximum absolute atomic E-state index is 13.0. The first kappa shape index (κ1) is 19.6. The minimum Gasteiger partial charge on any atom is -0.378 e.